The van der Waals surface area contributed by atoms with Gasteiger partial charge in [-0.05, 0) is 42.0 Å². The molecule has 0 saturated heterocycles. The van der Waals surface area contributed by atoms with E-state index in [1.54, 1.807) is 54.6 Å². The van der Waals surface area contributed by atoms with E-state index < -0.39 is 5.82 Å². The van der Waals surface area contributed by atoms with Gasteiger partial charge in [0.15, 0.2) is 6.61 Å². The molecule has 138 valence electrons. The molecule has 0 aliphatic heterocycles. The van der Waals surface area contributed by atoms with Crippen LogP contribution < -0.4 is 10.1 Å². The third-order valence-corrected chi connectivity index (χ3v) is 3.89. The highest BCUT2D eigenvalue weighted by atomic mass is 19.1. The maximum absolute atomic E-state index is 13.5. The van der Waals surface area contributed by atoms with Crippen molar-refractivity contribution < 1.29 is 13.9 Å². The van der Waals surface area contributed by atoms with Gasteiger partial charge in [-0.25, -0.2) is 4.39 Å². The van der Waals surface area contributed by atoms with Gasteiger partial charge in [-0.3, -0.25) is 4.79 Å². The van der Waals surface area contributed by atoms with E-state index in [1.165, 1.54) is 12.1 Å². The average Bonchev–Trinajstić information content (AvgIpc) is 2.72. The fourth-order valence-corrected chi connectivity index (χ4v) is 2.58. The number of amides is 1. The predicted octanol–water partition coefficient (Wildman–Crippen LogP) is 4.91. The minimum atomic E-state index is -0.416. The van der Waals surface area contributed by atoms with E-state index >= 15 is 0 Å². The van der Waals surface area contributed by atoms with Crippen LogP contribution in [-0.4, -0.2) is 12.5 Å². The van der Waals surface area contributed by atoms with Gasteiger partial charge in [0.2, 0.25) is 0 Å². The highest BCUT2D eigenvalue weighted by molar-refractivity contribution is 5.92. The van der Waals surface area contributed by atoms with E-state index in [2.05, 4.69) is 11.4 Å². The Hall–Kier alpha value is -3.91. The molecule has 0 atom stereocenters. The molecule has 1 amide bonds. The third kappa shape index (κ3) is 5.05. The SMILES string of the molecule is N#C/C(=C/c1ccccc1OCC(=O)Nc1ccccc1)c1cccc(F)c1. The second-order valence-electron chi connectivity index (χ2n) is 5.92. The van der Waals surface area contributed by atoms with E-state index in [-0.39, 0.29) is 12.5 Å². The Morgan fingerprint density at radius 1 is 1.04 bits per heavy atom. The number of nitrogens with one attached hydrogen (secondary N) is 1. The molecule has 0 saturated carbocycles. The third-order valence-electron chi connectivity index (χ3n) is 3.89. The molecule has 0 aliphatic carbocycles. The molecule has 0 unspecified atom stereocenters. The number of hydrogen-bond donors (Lipinski definition) is 1. The Bertz CT molecular complexity index is 1040. The number of para-hydroxylation sites is 2. The van der Waals surface area contributed by atoms with Crippen LogP contribution in [0.1, 0.15) is 11.1 Å². The summed E-state index contributed by atoms with van der Waals surface area (Å²) in [6, 6.07) is 24.0. The summed E-state index contributed by atoms with van der Waals surface area (Å²) in [6.07, 6.45) is 1.61. The minimum absolute atomic E-state index is 0.179. The summed E-state index contributed by atoms with van der Waals surface area (Å²) in [7, 11) is 0. The van der Waals surface area contributed by atoms with Crippen molar-refractivity contribution in [2.75, 3.05) is 11.9 Å². The highest BCUT2D eigenvalue weighted by Gasteiger charge is 2.08. The number of allylic oxidation sites excluding steroid dienone is 1. The van der Waals surface area contributed by atoms with Gasteiger partial charge >= 0.3 is 0 Å². The number of carbonyl (C=O) groups is 1. The van der Waals surface area contributed by atoms with Crippen LogP contribution in [0.15, 0.2) is 78.9 Å². The molecule has 4 nitrogen and oxygen atoms in total. The van der Waals surface area contributed by atoms with E-state index in [0.717, 1.165) is 0 Å². The molecule has 0 heterocycles. The van der Waals surface area contributed by atoms with E-state index in [1.807, 2.05) is 18.2 Å². The molecular weight excluding hydrogens is 355 g/mol. The first-order valence-electron chi connectivity index (χ1n) is 8.60. The molecule has 0 spiro atoms. The smallest absolute Gasteiger partial charge is 0.262 e. The summed E-state index contributed by atoms with van der Waals surface area (Å²) in [5.74, 6) is -0.258. The molecule has 5 heteroatoms. The molecule has 1 N–H and O–H groups in total. The summed E-state index contributed by atoms with van der Waals surface area (Å²) in [5, 5.41) is 12.2. The molecule has 0 bridgehead atoms. The molecule has 3 aromatic carbocycles. The number of ether oxygens (including phenoxy) is 1. The van der Waals surface area contributed by atoms with Crippen molar-refractivity contribution in [2.24, 2.45) is 0 Å². The normalized spacial score (nSPS) is 10.8. The second-order valence-corrected chi connectivity index (χ2v) is 5.92. The van der Waals surface area contributed by atoms with Gasteiger partial charge in [-0.1, -0.05) is 48.5 Å². The minimum Gasteiger partial charge on any atom is -0.483 e. The zero-order valence-electron chi connectivity index (χ0n) is 14.9. The van der Waals surface area contributed by atoms with Crippen LogP contribution in [0.4, 0.5) is 10.1 Å². The predicted molar refractivity (Wildman–Crippen MR) is 107 cm³/mol. The number of rotatable bonds is 6. The number of nitrogens with zero attached hydrogens (tertiary/aromatic N) is 1. The lowest BCUT2D eigenvalue weighted by Crippen LogP contribution is -2.20. The first kappa shape index (κ1) is 18.9. The number of anilines is 1. The van der Waals surface area contributed by atoms with Crippen molar-refractivity contribution in [1.29, 1.82) is 5.26 Å². The average molecular weight is 372 g/mol. The Kier molecular flexibility index (Phi) is 6.17. The van der Waals surface area contributed by atoms with Crippen LogP contribution in [0, 0.1) is 17.1 Å². The standard InChI is InChI=1S/C23H17FN2O2/c24-20-9-6-8-17(14-20)19(15-25)13-18-7-4-5-12-22(18)28-16-23(27)26-21-10-2-1-3-11-21/h1-14H,16H2,(H,26,27)/b19-13-. The zero-order valence-corrected chi connectivity index (χ0v) is 14.9. The Balaban J connectivity index is 1.75. The maximum Gasteiger partial charge on any atom is 0.262 e. The molecule has 28 heavy (non-hydrogen) atoms. The van der Waals surface area contributed by atoms with Crippen LogP contribution >= 0.6 is 0 Å². The number of halogens is 1. The summed E-state index contributed by atoms with van der Waals surface area (Å²) in [5.41, 5.74) is 2.07. The van der Waals surface area contributed by atoms with Crippen LogP contribution in [0.3, 0.4) is 0 Å². The highest BCUT2D eigenvalue weighted by Crippen LogP contribution is 2.25. The monoisotopic (exact) mass is 372 g/mol. The molecule has 0 aromatic heterocycles. The van der Waals surface area contributed by atoms with Gasteiger partial charge in [0.05, 0.1) is 11.6 Å². The van der Waals surface area contributed by atoms with Crippen molar-refractivity contribution in [2.45, 2.75) is 0 Å². The zero-order chi connectivity index (χ0) is 19.8. The molecular formula is C23H17FN2O2. The summed E-state index contributed by atoms with van der Waals surface area (Å²) < 4.78 is 19.1. The van der Waals surface area contributed by atoms with Crippen LogP contribution in [-0.2, 0) is 4.79 Å². The topological polar surface area (TPSA) is 62.1 Å². The Morgan fingerprint density at radius 2 is 1.79 bits per heavy atom. The summed E-state index contributed by atoms with van der Waals surface area (Å²) in [4.78, 5) is 12.1. The van der Waals surface area contributed by atoms with E-state index in [9.17, 15) is 14.4 Å². The van der Waals surface area contributed by atoms with Crippen molar-refractivity contribution in [3.05, 3.63) is 95.8 Å². The van der Waals surface area contributed by atoms with E-state index in [0.29, 0.717) is 28.1 Å². The van der Waals surface area contributed by atoms with Crippen molar-refractivity contribution in [3.63, 3.8) is 0 Å². The lowest BCUT2D eigenvalue weighted by Gasteiger charge is -2.10. The van der Waals surface area contributed by atoms with Crippen molar-refractivity contribution in [3.8, 4) is 11.8 Å². The van der Waals surface area contributed by atoms with Crippen LogP contribution in [0.2, 0.25) is 0 Å². The lowest BCUT2D eigenvalue weighted by atomic mass is 10.0. The number of hydrogen-bond acceptors (Lipinski definition) is 3. The summed E-state index contributed by atoms with van der Waals surface area (Å²) >= 11 is 0. The first-order valence-corrected chi connectivity index (χ1v) is 8.60. The lowest BCUT2D eigenvalue weighted by molar-refractivity contribution is -0.118. The number of benzene rings is 3. The van der Waals surface area contributed by atoms with Gasteiger partial charge in [-0.15, -0.1) is 0 Å². The van der Waals surface area contributed by atoms with Crippen molar-refractivity contribution in [1.82, 2.24) is 0 Å². The molecule has 0 aliphatic rings. The fourth-order valence-electron chi connectivity index (χ4n) is 2.58. The quantitative estimate of drug-likeness (QED) is 0.494. The Morgan fingerprint density at radius 3 is 2.54 bits per heavy atom. The van der Waals surface area contributed by atoms with Crippen LogP contribution in [0.25, 0.3) is 11.6 Å². The number of nitriles is 1. The molecule has 0 fully saturated rings. The van der Waals surface area contributed by atoms with Crippen molar-refractivity contribution >= 4 is 23.2 Å². The second kappa shape index (κ2) is 9.15. The molecule has 3 rings (SSSR count). The van der Waals surface area contributed by atoms with Gasteiger partial charge in [0.25, 0.3) is 5.91 Å². The first-order chi connectivity index (χ1) is 13.7. The molecule has 0 radical (unpaired) electrons. The van der Waals surface area contributed by atoms with Gasteiger partial charge in [0.1, 0.15) is 11.6 Å². The maximum atomic E-state index is 13.5. The Labute approximate surface area is 162 Å². The fraction of sp³-hybridized carbons (Fsp3) is 0.0435. The van der Waals surface area contributed by atoms with Gasteiger partial charge < -0.3 is 10.1 Å². The largest absolute Gasteiger partial charge is 0.483 e. The number of carbonyl (C=O) groups excluding carboxylic acids is 1. The summed E-state index contributed by atoms with van der Waals surface area (Å²) in [6.45, 7) is -0.179. The van der Waals surface area contributed by atoms with Crippen LogP contribution in [0.5, 0.6) is 5.75 Å². The van der Waals surface area contributed by atoms with Gasteiger partial charge in [0, 0.05) is 11.3 Å². The molecule has 3 aromatic rings. The van der Waals surface area contributed by atoms with E-state index in [4.69, 9.17) is 4.74 Å². The van der Waals surface area contributed by atoms with Gasteiger partial charge in [-0.2, -0.15) is 5.26 Å².